The molecule has 24 heavy (non-hydrogen) atoms. The van der Waals surface area contributed by atoms with Crippen molar-refractivity contribution in [2.75, 3.05) is 6.26 Å². The lowest BCUT2D eigenvalue weighted by atomic mass is 10.0. The highest BCUT2D eigenvalue weighted by molar-refractivity contribution is 7.90. The summed E-state index contributed by atoms with van der Waals surface area (Å²) in [6.45, 7) is 1.30. The van der Waals surface area contributed by atoms with Crippen LogP contribution in [0.3, 0.4) is 0 Å². The van der Waals surface area contributed by atoms with Crippen LogP contribution >= 0.6 is 11.6 Å². The van der Waals surface area contributed by atoms with Crippen LogP contribution in [0.5, 0.6) is 0 Å². The molecule has 0 aliphatic heterocycles. The molecule has 2 aromatic rings. The maximum Gasteiger partial charge on any atom is 0.303 e. The van der Waals surface area contributed by atoms with E-state index < -0.39 is 21.9 Å². The van der Waals surface area contributed by atoms with Gasteiger partial charge in [0.1, 0.15) is 5.76 Å². The first-order valence-corrected chi connectivity index (χ1v) is 9.65. The number of carbonyl (C=O) groups excluding carboxylic acids is 1. The van der Waals surface area contributed by atoms with Gasteiger partial charge in [-0.05, 0) is 25.0 Å². The Hall–Kier alpha value is -1.86. The fourth-order valence-electron chi connectivity index (χ4n) is 2.52. The van der Waals surface area contributed by atoms with Crippen LogP contribution in [0.4, 0.5) is 0 Å². The highest BCUT2D eigenvalue weighted by Gasteiger charge is 2.35. The molecule has 0 amide bonds. The van der Waals surface area contributed by atoms with Gasteiger partial charge in [0, 0.05) is 29.7 Å². The van der Waals surface area contributed by atoms with Crippen molar-refractivity contribution in [1.29, 1.82) is 0 Å². The smallest absolute Gasteiger partial charge is 0.303 e. The SMILES string of the molecule is CC(=O)OC(c1ccc(S(C)(=O)=O)cc1Cl)c1cnoc1C1CC1. The molecule has 128 valence electrons. The Kier molecular flexibility index (Phi) is 4.40. The number of halogens is 1. The van der Waals surface area contributed by atoms with Gasteiger partial charge >= 0.3 is 5.97 Å². The zero-order valence-corrected chi connectivity index (χ0v) is 14.7. The first kappa shape index (κ1) is 17.0. The molecule has 0 N–H and O–H groups in total. The molecule has 0 saturated heterocycles. The predicted octanol–water partition coefficient (Wildman–Crippen LogP) is 3.26. The van der Waals surface area contributed by atoms with E-state index >= 15 is 0 Å². The Morgan fingerprint density at radius 1 is 1.38 bits per heavy atom. The van der Waals surface area contributed by atoms with E-state index in [9.17, 15) is 13.2 Å². The lowest BCUT2D eigenvalue weighted by Gasteiger charge is -2.18. The molecule has 1 aliphatic rings. The van der Waals surface area contributed by atoms with Gasteiger partial charge in [0.15, 0.2) is 15.9 Å². The Morgan fingerprint density at radius 3 is 2.62 bits per heavy atom. The maximum absolute atomic E-state index is 11.7. The number of aromatic nitrogens is 1. The number of ether oxygens (including phenoxy) is 1. The Morgan fingerprint density at radius 2 is 2.08 bits per heavy atom. The van der Waals surface area contributed by atoms with Crippen molar-refractivity contribution in [3.05, 3.63) is 46.3 Å². The number of hydrogen-bond acceptors (Lipinski definition) is 6. The molecule has 0 radical (unpaired) electrons. The van der Waals surface area contributed by atoms with E-state index in [1.54, 1.807) is 6.07 Å². The van der Waals surface area contributed by atoms with Crippen molar-refractivity contribution in [3.8, 4) is 0 Å². The van der Waals surface area contributed by atoms with Crippen LogP contribution < -0.4 is 0 Å². The lowest BCUT2D eigenvalue weighted by Crippen LogP contribution is -2.12. The topological polar surface area (TPSA) is 86.5 Å². The molecule has 8 heteroatoms. The molecule has 3 rings (SSSR count). The molecule has 0 bridgehead atoms. The fourth-order valence-corrected chi connectivity index (χ4v) is 3.51. The van der Waals surface area contributed by atoms with Crippen LogP contribution in [-0.4, -0.2) is 25.8 Å². The molecule has 1 aliphatic carbocycles. The monoisotopic (exact) mass is 369 g/mol. The zero-order chi connectivity index (χ0) is 17.5. The van der Waals surface area contributed by atoms with Crippen LogP contribution in [0.15, 0.2) is 33.8 Å². The van der Waals surface area contributed by atoms with E-state index in [4.69, 9.17) is 20.9 Å². The molecule has 1 aromatic heterocycles. The van der Waals surface area contributed by atoms with Crippen molar-refractivity contribution in [3.63, 3.8) is 0 Å². The summed E-state index contributed by atoms with van der Waals surface area (Å²) < 4.78 is 34.1. The number of nitrogens with zero attached hydrogens (tertiary/aromatic N) is 1. The molecule has 1 aromatic carbocycles. The van der Waals surface area contributed by atoms with Crippen LogP contribution in [0.1, 0.15) is 48.7 Å². The average Bonchev–Trinajstić information content (AvgIpc) is 3.21. The summed E-state index contributed by atoms with van der Waals surface area (Å²) in [7, 11) is -3.38. The standard InChI is InChI=1S/C16H16ClNO5S/c1-9(19)22-16(13-8-18-23-15(13)10-3-4-10)12-6-5-11(7-14(12)17)24(2,20)21/h5-8,10,16H,3-4H2,1-2H3. The van der Waals surface area contributed by atoms with Gasteiger partial charge in [-0.25, -0.2) is 8.42 Å². The quantitative estimate of drug-likeness (QED) is 0.752. The van der Waals surface area contributed by atoms with Gasteiger partial charge in [-0.3, -0.25) is 4.79 Å². The molecular weight excluding hydrogens is 354 g/mol. The minimum absolute atomic E-state index is 0.102. The molecule has 1 saturated carbocycles. The van der Waals surface area contributed by atoms with Gasteiger partial charge in [0.25, 0.3) is 0 Å². The Bertz CT molecular complexity index is 886. The van der Waals surface area contributed by atoms with Crippen molar-refractivity contribution in [1.82, 2.24) is 5.16 Å². The first-order valence-electron chi connectivity index (χ1n) is 7.38. The molecule has 1 heterocycles. The van der Waals surface area contributed by atoms with Crippen LogP contribution in [0.25, 0.3) is 0 Å². The van der Waals surface area contributed by atoms with E-state index in [0.717, 1.165) is 19.1 Å². The molecular formula is C16H16ClNO5S. The van der Waals surface area contributed by atoms with Crippen LogP contribution in [-0.2, 0) is 19.4 Å². The first-order chi connectivity index (χ1) is 11.3. The highest BCUT2D eigenvalue weighted by atomic mass is 35.5. The molecule has 1 fully saturated rings. The van der Waals surface area contributed by atoms with Gasteiger partial charge in [0.05, 0.1) is 16.7 Å². The zero-order valence-electron chi connectivity index (χ0n) is 13.2. The Balaban J connectivity index is 2.06. The second kappa shape index (κ2) is 6.22. The van der Waals surface area contributed by atoms with Crippen LogP contribution in [0, 0.1) is 0 Å². The van der Waals surface area contributed by atoms with Crippen molar-refractivity contribution < 1.29 is 22.5 Å². The molecule has 0 spiro atoms. The maximum atomic E-state index is 11.7. The fraction of sp³-hybridized carbons (Fsp3) is 0.375. The molecule has 1 atom stereocenters. The minimum Gasteiger partial charge on any atom is -0.452 e. The normalized spacial score (nSPS) is 16.0. The Labute approximate surface area is 144 Å². The number of sulfone groups is 1. The highest BCUT2D eigenvalue weighted by Crippen LogP contribution is 2.45. The van der Waals surface area contributed by atoms with Crippen LogP contribution in [0.2, 0.25) is 5.02 Å². The van der Waals surface area contributed by atoms with E-state index in [1.807, 2.05) is 0 Å². The third-order valence-corrected chi connectivity index (χ3v) is 5.26. The largest absolute Gasteiger partial charge is 0.452 e. The molecule has 1 unspecified atom stereocenters. The number of carbonyl (C=O) groups is 1. The lowest BCUT2D eigenvalue weighted by molar-refractivity contribution is -0.144. The average molecular weight is 370 g/mol. The van der Waals surface area contributed by atoms with Crippen molar-refractivity contribution >= 4 is 27.4 Å². The summed E-state index contributed by atoms with van der Waals surface area (Å²) in [5, 5.41) is 4.02. The van der Waals surface area contributed by atoms with Gasteiger partial charge in [-0.15, -0.1) is 0 Å². The van der Waals surface area contributed by atoms with E-state index in [1.165, 1.54) is 25.3 Å². The van der Waals surface area contributed by atoms with Gasteiger partial charge in [0.2, 0.25) is 0 Å². The number of rotatable bonds is 5. The van der Waals surface area contributed by atoms with E-state index in [2.05, 4.69) is 5.16 Å². The summed E-state index contributed by atoms with van der Waals surface area (Å²) in [6.07, 6.45) is 3.83. The van der Waals surface area contributed by atoms with Gasteiger partial charge < -0.3 is 9.26 Å². The van der Waals surface area contributed by atoms with Gasteiger partial charge in [-0.2, -0.15) is 0 Å². The number of esters is 1. The summed E-state index contributed by atoms with van der Waals surface area (Å²) in [4.78, 5) is 11.6. The third kappa shape index (κ3) is 3.47. The van der Waals surface area contributed by atoms with E-state index in [-0.39, 0.29) is 15.8 Å². The summed E-state index contributed by atoms with van der Waals surface area (Å²) in [6, 6.07) is 4.35. The van der Waals surface area contributed by atoms with E-state index in [0.29, 0.717) is 16.9 Å². The minimum atomic E-state index is -3.38. The second-order valence-corrected chi connectivity index (χ2v) is 8.29. The predicted molar refractivity (Wildman–Crippen MR) is 86.6 cm³/mol. The summed E-state index contributed by atoms with van der Waals surface area (Å²) in [5.41, 5.74) is 1.13. The second-order valence-electron chi connectivity index (χ2n) is 5.86. The summed E-state index contributed by atoms with van der Waals surface area (Å²) in [5.74, 6) is 0.477. The summed E-state index contributed by atoms with van der Waals surface area (Å²) >= 11 is 6.27. The number of hydrogen-bond donors (Lipinski definition) is 0. The molecule has 6 nitrogen and oxygen atoms in total. The number of benzene rings is 1. The third-order valence-electron chi connectivity index (χ3n) is 3.82. The van der Waals surface area contributed by atoms with Crippen molar-refractivity contribution in [2.24, 2.45) is 0 Å². The van der Waals surface area contributed by atoms with Crippen molar-refractivity contribution in [2.45, 2.75) is 36.7 Å². The van der Waals surface area contributed by atoms with Gasteiger partial charge in [-0.1, -0.05) is 22.8 Å².